The fraction of sp³-hybridized carbons (Fsp3) is 0.429. The molecule has 0 bridgehead atoms. The first-order valence-corrected chi connectivity index (χ1v) is 6.84. The fourth-order valence-corrected chi connectivity index (χ4v) is 2.78. The Morgan fingerprint density at radius 3 is 2.79 bits per heavy atom. The van der Waals surface area contributed by atoms with Crippen molar-refractivity contribution in [1.82, 2.24) is 10.2 Å². The Kier molecular flexibility index (Phi) is 3.19. The minimum absolute atomic E-state index is 0.0172. The molecule has 1 aromatic rings. The van der Waals surface area contributed by atoms with Gasteiger partial charge in [-0.2, -0.15) is 0 Å². The molecule has 0 spiro atoms. The third-order valence-corrected chi connectivity index (χ3v) is 3.88. The third kappa shape index (κ3) is 2.59. The summed E-state index contributed by atoms with van der Waals surface area (Å²) in [4.78, 5) is 25.7. The molecule has 1 atom stereocenters. The monoisotopic (exact) mass is 278 g/mol. The van der Waals surface area contributed by atoms with Gasteiger partial charge in [0, 0.05) is 11.6 Å². The molecule has 1 saturated carbocycles. The molecule has 5 heteroatoms. The van der Waals surface area contributed by atoms with Crippen LogP contribution in [0.15, 0.2) is 24.3 Å². The second kappa shape index (κ2) is 4.85. The van der Waals surface area contributed by atoms with E-state index in [9.17, 15) is 9.59 Å². The number of nitrogens with zero attached hydrogens (tertiary/aromatic N) is 1. The summed E-state index contributed by atoms with van der Waals surface area (Å²) in [5.74, 6) is 0.282. The maximum Gasteiger partial charge on any atom is 0.243 e. The summed E-state index contributed by atoms with van der Waals surface area (Å²) in [6.45, 7) is 0.552. The molecule has 1 heterocycles. The van der Waals surface area contributed by atoms with E-state index in [1.807, 2.05) is 18.2 Å². The standard InChI is InChI=1S/C14H15ClN2O2/c15-11-3-1-2-9(6-11)8-17-12(18)7-16-14(19)13(17)10-4-5-10/h1-3,6,10,13H,4-5,7-8H2,(H,16,19). The van der Waals surface area contributed by atoms with Gasteiger partial charge in [0.05, 0.1) is 6.54 Å². The Labute approximate surface area is 116 Å². The zero-order valence-electron chi connectivity index (χ0n) is 10.4. The van der Waals surface area contributed by atoms with Crippen LogP contribution >= 0.6 is 11.6 Å². The minimum atomic E-state index is -0.305. The van der Waals surface area contributed by atoms with Crippen LogP contribution in [-0.2, 0) is 16.1 Å². The van der Waals surface area contributed by atoms with Crippen LogP contribution in [0.4, 0.5) is 0 Å². The smallest absolute Gasteiger partial charge is 0.243 e. The van der Waals surface area contributed by atoms with Crippen molar-refractivity contribution in [2.45, 2.75) is 25.4 Å². The molecular weight excluding hydrogens is 264 g/mol. The number of benzene rings is 1. The second-order valence-electron chi connectivity index (χ2n) is 5.15. The van der Waals surface area contributed by atoms with Gasteiger partial charge in [-0.3, -0.25) is 9.59 Å². The van der Waals surface area contributed by atoms with Crippen molar-refractivity contribution in [3.8, 4) is 0 Å². The number of halogens is 1. The number of piperazine rings is 1. The van der Waals surface area contributed by atoms with E-state index in [4.69, 9.17) is 11.6 Å². The van der Waals surface area contributed by atoms with Crippen molar-refractivity contribution in [2.75, 3.05) is 6.54 Å². The molecular formula is C14H15ClN2O2. The molecule has 1 saturated heterocycles. The van der Waals surface area contributed by atoms with Gasteiger partial charge in [-0.15, -0.1) is 0 Å². The lowest BCUT2D eigenvalue weighted by Gasteiger charge is -2.35. The molecule has 4 nitrogen and oxygen atoms in total. The highest BCUT2D eigenvalue weighted by Gasteiger charge is 2.44. The lowest BCUT2D eigenvalue weighted by atomic mass is 10.1. The average Bonchev–Trinajstić information content (AvgIpc) is 3.18. The summed E-state index contributed by atoms with van der Waals surface area (Å²) in [6.07, 6.45) is 2.05. The number of carbonyl (C=O) groups is 2. The molecule has 3 rings (SSSR count). The summed E-state index contributed by atoms with van der Waals surface area (Å²) in [5.41, 5.74) is 0.959. The quantitative estimate of drug-likeness (QED) is 0.913. The van der Waals surface area contributed by atoms with E-state index in [1.165, 1.54) is 0 Å². The number of rotatable bonds is 3. The van der Waals surface area contributed by atoms with Gasteiger partial charge < -0.3 is 10.2 Å². The van der Waals surface area contributed by atoms with Crippen molar-refractivity contribution < 1.29 is 9.59 Å². The molecule has 2 fully saturated rings. The lowest BCUT2D eigenvalue weighted by molar-refractivity contribution is -0.147. The van der Waals surface area contributed by atoms with Gasteiger partial charge in [-0.25, -0.2) is 0 Å². The minimum Gasteiger partial charge on any atom is -0.345 e. The van der Waals surface area contributed by atoms with Crippen LogP contribution in [0.25, 0.3) is 0 Å². The maximum absolute atomic E-state index is 12.0. The highest BCUT2D eigenvalue weighted by atomic mass is 35.5. The van der Waals surface area contributed by atoms with E-state index in [1.54, 1.807) is 11.0 Å². The van der Waals surface area contributed by atoms with Crippen LogP contribution in [0, 0.1) is 5.92 Å². The highest BCUT2D eigenvalue weighted by Crippen LogP contribution is 2.37. The van der Waals surface area contributed by atoms with E-state index in [2.05, 4.69) is 5.32 Å². The van der Waals surface area contributed by atoms with Crippen LogP contribution < -0.4 is 5.32 Å². The second-order valence-corrected chi connectivity index (χ2v) is 5.59. The maximum atomic E-state index is 12.0. The molecule has 1 aliphatic carbocycles. The molecule has 2 amide bonds. The van der Waals surface area contributed by atoms with Crippen molar-refractivity contribution in [1.29, 1.82) is 0 Å². The van der Waals surface area contributed by atoms with Crippen LogP contribution in [0.1, 0.15) is 18.4 Å². The Balaban J connectivity index is 1.83. The molecule has 0 aromatic heterocycles. The van der Waals surface area contributed by atoms with Gasteiger partial charge in [0.15, 0.2) is 0 Å². The molecule has 0 radical (unpaired) electrons. The normalized spacial score (nSPS) is 23.4. The van der Waals surface area contributed by atoms with E-state index in [-0.39, 0.29) is 24.4 Å². The number of hydrogen-bond donors (Lipinski definition) is 1. The van der Waals surface area contributed by atoms with Crippen molar-refractivity contribution in [2.24, 2.45) is 5.92 Å². The van der Waals surface area contributed by atoms with Crippen molar-refractivity contribution >= 4 is 23.4 Å². The predicted molar refractivity (Wildman–Crippen MR) is 71.5 cm³/mol. The van der Waals surface area contributed by atoms with E-state index in [0.717, 1.165) is 18.4 Å². The first-order valence-electron chi connectivity index (χ1n) is 6.47. The predicted octanol–water partition coefficient (Wildman–Crippen LogP) is 1.58. The molecule has 1 aromatic carbocycles. The summed E-state index contributed by atoms with van der Waals surface area (Å²) >= 11 is 5.96. The zero-order valence-corrected chi connectivity index (χ0v) is 11.2. The summed E-state index contributed by atoms with van der Waals surface area (Å²) in [7, 11) is 0. The van der Waals surface area contributed by atoms with Crippen LogP contribution in [0.3, 0.4) is 0 Å². The fourth-order valence-electron chi connectivity index (χ4n) is 2.56. The zero-order chi connectivity index (χ0) is 13.4. The third-order valence-electron chi connectivity index (χ3n) is 3.65. The summed E-state index contributed by atoms with van der Waals surface area (Å²) < 4.78 is 0. The summed E-state index contributed by atoms with van der Waals surface area (Å²) in [5, 5.41) is 3.32. The highest BCUT2D eigenvalue weighted by molar-refractivity contribution is 6.30. The first kappa shape index (κ1) is 12.5. The van der Waals surface area contributed by atoms with Gasteiger partial charge in [0.1, 0.15) is 6.04 Å². The topological polar surface area (TPSA) is 49.4 Å². The van der Waals surface area contributed by atoms with Crippen molar-refractivity contribution in [3.63, 3.8) is 0 Å². The molecule has 19 heavy (non-hydrogen) atoms. The number of hydrogen-bond acceptors (Lipinski definition) is 2. The van der Waals surface area contributed by atoms with E-state index in [0.29, 0.717) is 17.5 Å². The number of amides is 2. The van der Waals surface area contributed by atoms with E-state index >= 15 is 0 Å². The molecule has 1 aliphatic heterocycles. The molecule has 2 aliphatic rings. The summed E-state index contributed by atoms with van der Waals surface area (Å²) in [6, 6.07) is 7.12. The largest absolute Gasteiger partial charge is 0.345 e. The molecule has 100 valence electrons. The Hall–Kier alpha value is -1.55. The SMILES string of the molecule is O=C1NCC(=O)N(Cc2cccc(Cl)c2)C1C1CC1. The Morgan fingerprint density at radius 2 is 2.11 bits per heavy atom. The molecule has 1 unspecified atom stereocenters. The number of nitrogens with one attached hydrogen (secondary N) is 1. The van der Waals surface area contributed by atoms with Crippen LogP contribution in [0.2, 0.25) is 5.02 Å². The van der Waals surface area contributed by atoms with Gasteiger partial charge in [0.25, 0.3) is 0 Å². The average molecular weight is 279 g/mol. The Morgan fingerprint density at radius 1 is 1.32 bits per heavy atom. The molecule has 1 N–H and O–H groups in total. The van der Waals surface area contributed by atoms with Gasteiger partial charge in [-0.05, 0) is 36.5 Å². The Bertz CT molecular complexity index is 528. The first-order chi connectivity index (χ1) is 9.15. The number of carbonyl (C=O) groups excluding carboxylic acids is 2. The van der Waals surface area contributed by atoms with Crippen LogP contribution in [0.5, 0.6) is 0 Å². The van der Waals surface area contributed by atoms with E-state index < -0.39 is 0 Å². The van der Waals surface area contributed by atoms with Gasteiger partial charge in [0.2, 0.25) is 11.8 Å². The van der Waals surface area contributed by atoms with Gasteiger partial charge in [-0.1, -0.05) is 23.7 Å². The van der Waals surface area contributed by atoms with Crippen LogP contribution in [-0.4, -0.2) is 29.3 Å². The van der Waals surface area contributed by atoms with Gasteiger partial charge >= 0.3 is 0 Å². The van der Waals surface area contributed by atoms with Crippen molar-refractivity contribution in [3.05, 3.63) is 34.9 Å². The lowest BCUT2D eigenvalue weighted by Crippen LogP contribution is -2.58.